The zero-order valence-corrected chi connectivity index (χ0v) is 15.4. The van der Waals surface area contributed by atoms with E-state index in [-0.39, 0.29) is 19.6 Å². The van der Waals surface area contributed by atoms with E-state index < -0.39 is 32.4 Å². The molecule has 0 spiro atoms. The van der Waals surface area contributed by atoms with Gasteiger partial charge in [-0.05, 0) is 13.8 Å². The monoisotopic (exact) mass is 380 g/mol. The van der Waals surface area contributed by atoms with E-state index in [1.165, 1.54) is 0 Å². The Bertz CT molecular complexity index is 348. The van der Waals surface area contributed by atoms with Crippen molar-refractivity contribution in [1.82, 2.24) is 0 Å². The first-order valence-corrected chi connectivity index (χ1v) is 8.08. The molecule has 0 rings (SSSR count). The van der Waals surface area contributed by atoms with Gasteiger partial charge < -0.3 is 9.47 Å². The fourth-order valence-electron chi connectivity index (χ4n) is 1.80. The molecule has 4 nitrogen and oxygen atoms in total. The molecule has 0 aromatic heterocycles. The van der Waals surface area contributed by atoms with Gasteiger partial charge in [-0.3, -0.25) is 9.59 Å². The third kappa shape index (κ3) is 6.81. The van der Waals surface area contributed by atoms with E-state index in [0.29, 0.717) is 0 Å². The van der Waals surface area contributed by atoms with Gasteiger partial charge in [0.15, 0.2) is 9.71 Å². The first-order valence-electron chi connectivity index (χ1n) is 6.51. The summed E-state index contributed by atoms with van der Waals surface area (Å²) in [6, 6.07) is 0. The average molecular weight is 382 g/mol. The van der Waals surface area contributed by atoms with Crippen molar-refractivity contribution < 1.29 is 19.1 Å². The third-order valence-electron chi connectivity index (χ3n) is 3.01. The molecule has 0 saturated carbocycles. The Kier molecular flexibility index (Phi) is 8.70. The Morgan fingerprint density at radius 2 is 1.38 bits per heavy atom. The number of hydrogen-bond donors (Lipinski definition) is 0. The van der Waals surface area contributed by atoms with E-state index >= 15 is 0 Å². The SMILES string of the molecule is CCOC(=O)C(C(=O)OCC)C(C)(C)C(Cl)CC(Cl)(Cl)Cl. The van der Waals surface area contributed by atoms with Crippen LogP contribution in [0, 0.1) is 11.3 Å². The van der Waals surface area contributed by atoms with E-state index in [4.69, 9.17) is 55.9 Å². The molecule has 0 radical (unpaired) electrons. The van der Waals surface area contributed by atoms with Gasteiger partial charge in [-0.15, -0.1) is 11.6 Å². The minimum Gasteiger partial charge on any atom is -0.465 e. The Morgan fingerprint density at radius 1 is 1.00 bits per heavy atom. The van der Waals surface area contributed by atoms with Crippen molar-refractivity contribution in [2.45, 2.75) is 43.3 Å². The highest BCUT2D eigenvalue weighted by molar-refractivity contribution is 6.67. The maximum Gasteiger partial charge on any atom is 0.320 e. The maximum atomic E-state index is 12.1. The second-order valence-corrected chi connectivity index (χ2v) is 8.09. The zero-order valence-electron chi connectivity index (χ0n) is 12.4. The highest BCUT2D eigenvalue weighted by Crippen LogP contribution is 2.43. The summed E-state index contributed by atoms with van der Waals surface area (Å²) >= 11 is 23.5. The minimum atomic E-state index is -1.59. The minimum absolute atomic E-state index is 0.0263. The van der Waals surface area contributed by atoms with Gasteiger partial charge in [0.1, 0.15) is 0 Å². The van der Waals surface area contributed by atoms with Crippen LogP contribution in [0.3, 0.4) is 0 Å². The van der Waals surface area contributed by atoms with Gasteiger partial charge in [-0.25, -0.2) is 0 Å². The second-order valence-electron chi connectivity index (χ2n) is 5.05. The normalized spacial score (nSPS) is 14.0. The van der Waals surface area contributed by atoms with Gasteiger partial charge in [0.2, 0.25) is 0 Å². The van der Waals surface area contributed by atoms with E-state index in [1.807, 2.05) is 0 Å². The summed E-state index contributed by atoms with van der Waals surface area (Å²) in [5, 5.41) is -0.746. The molecule has 21 heavy (non-hydrogen) atoms. The molecular formula is C13H20Cl4O4. The fourth-order valence-corrected chi connectivity index (χ4v) is 2.86. The summed E-state index contributed by atoms with van der Waals surface area (Å²) in [4.78, 5) is 24.2. The van der Waals surface area contributed by atoms with Crippen LogP contribution >= 0.6 is 46.4 Å². The van der Waals surface area contributed by atoms with Gasteiger partial charge in [-0.1, -0.05) is 48.7 Å². The lowest BCUT2D eigenvalue weighted by Gasteiger charge is -2.36. The average Bonchev–Trinajstić information content (AvgIpc) is 2.26. The van der Waals surface area contributed by atoms with Crippen LogP contribution in [0.15, 0.2) is 0 Å². The number of hydrogen-bond acceptors (Lipinski definition) is 4. The van der Waals surface area contributed by atoms with E-state index in [9.17, 15) is 9.59 Å². The molecule has 124 valence electrons. The lowest BCUT2D eigenvalue weighted by Crippen LogP contribution is -2.45. The summed E-state index contributed by atoms with van der Waals surface area (Å²) in [6.45, 7) is 6.85. The number of halogens is 4. The molecule has 0 heterocycles. The Morgan fingerprint density at radius 3 is 1.67 bits per heavy atom. The van der Waals surface area contributed by atoms with Crippen molar-refractivity contribution in [2.24, 2.45) is 11.3 Å². The van der Waals surface area contributed by atoms with Crippen molar-refractivity contribution >= 4 is 58.3 Å². The molecule has 0 aliphatic carbocycles. The number of alkyl halides is 4. The van der Waals surface area contributed by atoms with Crippen LogP contribution in [0.5, 0.6) is 0 Å². The summed E-state index contributed by atoms with van der Waals surface area (Å²) < 4.78 is 8.30. The van der Waals surface area contributed by atoms with Crippen molar-refractivity contribution in [3.05, 3.63) is 0 Å². The lowest BCUT2D eigenvalue weighted by atomic mass is 9.75. The topological polar surface area (TPSA) is 52.6 Å². The predicted molar refractivity (Wildman–Crippen MR) is 85.1 cm³/mol. The quantitative estimate of drug-likeness (QED) is 0.378. The van der Waals surface area contributed by atoms with E-state index in [0.717, 1.165) is 0 Å². The van der Waals surface area contributed by atoms with Crippen LogP contribution in [0.25, 0.3) is 0 Å². The van der Waals surface area contributed by atoms with Crippen molar-refractivity contribution in [3.8, 4) is 0 Å². The molecule has 0 bridgehead atoms. The van der Waals surface area contributed by atoms with Crippen LogP contribution in [-0.4, -0.2) is 34.3 Å². The first kappa shape index (κ1) is 21.1. The van der Waals surface area contributed by atoms with Crippen LogP contribution in [0.1, 0.15) is 34.1 Å². The molecule has 0 aliphatic heterocycles. The molecule has 1 atom stereocenters. The van der Waals surface area contributed by atoms with Crippen molar-refractivity contribution in [1.29, 1.82) is 0 Å². The van der Waals surface area contributed by atoms with E-state index in [2.05, 4.69) is 0 Å². The number of carbonyl (C=O) groups excluding carboxylic acids is 2. The van der Waals surface area contributed by atoms with Gasteiger partial charge in [0.05, 0.1) is 13.2 Å². The van der Waals surface area contributed by atoms with Crippen LogP contribution in [0.4, 0.5) is 0 Å². The van der Waals surface area contributed by atoms with Crippen LogP contribution in [-0.2, 0) is 19.1 Å². The smallest absolute Gasteiger partial charge is 0.320 e. The molecular weight excluding hydrogens is 362 g/mol. The zero-order chi connectivity index (χ0) is 16.8. The van der Waals surface area contributed by atoms with Gasteiger partial charge in [0, 0.05) is 17.2 Å². The Labute approximate surface area is 145 Å². The molecule has 0 aromatic carbocycles. The van der Waals surface area contributed by atoms with Crippen LogP contribution in [0.2, 0.25) is 0 Å². The predicted octanol–water partition coefficient (Wildman–Crippen LogP) is 4.12. The van der Waals surface area contributed by atoms with E-state index in [1.54, 1.807) is 27.7 Å². The van der Waals surface area contributed by atoms with Crippen molar-refractivity contribution in [3.63, 3.8) is 0 Å². The molecule has 8 heteroatoms. The second kappa shape index (κ2) is 8.66. The highest BCUT2D eigenvalue weighted by atomic mass is 35.6. The van der Waals surface area contributed by atoms with Crippen molar-refractivity contribution in [2.75, 3.05) is 13.2 Å². The molecule has 0 aliphatic rings. The van der Waals surface area contributed by atoms with Gasteiger partial charge in [-0.2, -0.15) is 0 Å². The third-order valence-corrected chi connectivity index (χ3v) is 4.19. The molecule has 0 amide bonds. The summed E-state index contributed by atoms with van der Waals surface area (Å²) in [5.74, 6) is -2.58. The first-order chi connectivity index (χ1) is 9.47. The maximum absolute atomic E-state index is 12.1. The molecule has 0 fully saturated rings. The summed E-state index contributed by atoms with van der Waals surface area (Å²) in [6.07, 6.45) is -0.0263. The van der Waals surface area contributed by atoms with Gasteiger partial charge >= 0.3 is 11.9 Å². The number of esters is 2. The van der Waals surface area contributed by atoms with Crippen LogP contribution < -0.4 is 0 Å². The molecule has 0 saturated heterocycles. The summed E-state index contributed by atoms with van der Waals surface area (Å²) in [5.41, 5.74) is -1.01. The largest absolute Gasteiger partial charge is 0.465 e. The molecule has 1 unspecified atom stereocenters. The lowest BCUT2D eigenvalue weighted by molar-refractivity contribution is -0.167. The Balaban J connectivity index is 5.36. The van der Waals surface area contributed by atoms with Gasteiger partial charge in [0.25, 0.3) is 0 Å². The Hall–Kier alpha value is 0.1000. The fraction of sp³-hybridized carbons (Fsp3) is 0.846. The molecule has 0 N–H and O–H groups in total. The number of carbonyl (C=O) groups is 2. The number of rotatable bonds is 7. The standard InChI is InChI=1S/C13H20Cl4O4/c1-5-20-10(18)9(11(19)21-6-2)12(3,4)8(14)7-13(15,16)17/h8-9H,5-7H2,1-4H3. The summed E-state index contributed by atoms with van der Waals surface area (Å²) in [7, 11) is 0. The molecule has 0 aromatic rings. The highest BCUT2D eigenvalue weighted by Gasteiger charge is 2.48. The number of ether oxygens (including phenoxy) is 2.